The van der Waals surface area contributed by atoms with Gasteiger partial charge in [-0.25, -0.2) is 5.21 Å². The SMILES string of the molecule is C[N+]1(O)C2CCC1CC(O)C2. The highest BCUT2D eigenvalue weighted by molar-refractivity contribution is 4.83. The minimum Gasteiger partial charge on any atom is -0.393 e. The predicted octanol–water partition coefficient (Wildman–Crippen LogP) is 0.508. The number of aliphatic hydroxyl groups excluding tert-OH is 1. The average Bonchev–Trinajstić information content (AvgIpc) is 2.19. The zero-order chi connectivity index (χ0) is 8.06. The molecule has 2 unspecified atom stereocenters. The maximum absolute atomic E-state index is 9.92. The summed E-state index contributed by atoms with van der Waals surface area (Å²) < 4.78 is 0.164. The van der Waals surface area contributed by atoms with Gasteiger partial charge in [-0.1, -0.05) is 0 Å². The van der Waals surface area contributed by atoms with Gasteiger partial charge in [0.25, 0.3) is 0 Å². The molecule has 2 rings (SSSR count). The van der Waals surface area contributed by atoms with E-state index in [-0.39, 0.29) is 10.8 Å². The summed E-state index contributed by atoms with van der Waals surface area (Å²) >= 11 is 0. The minimum atomic E-state index is -0.161. The quantitative estimate of drug-likeness (QED) is 0.504. The maximum Gasteiger partial charge on any atom is 0.122 e. The molecule has 2 fully saturated rings. The monoisotopic (exact) mass is 158 g/mol. The highest BCUT2D eigenvalue weighted by Crippen LogP contribution is 2.39. The van der Waals surface area contributed by atoms with Crippen LogP contribution in [0.25, 0.3) is 0 Å². The van der Waals surface area contributed by atoms with Crippen molar-refractivity contribution in [3.8, 4) is 0 Å². The van der Waals surface area contributed by atoms with Crippen LogP contribution in [-0.4, -0.2) is 40.2 Å². The Kier molecular flexibility index (Phi) is 1.50. The molecule has 2 aliphatic heterocycles. The summed E-state index contributed by atoms with van der Waals surface area (Å²) in [5, 5.41) is 19.3. The van der Waals surface area contributed by atoms with Crippen molar-refractivity contribution < 1.29 is 15.0 Å². The Bertz CT molecular complexity index is 153. The molecule has 0 aromatic carbocycles. The van der Waals surface area contributed by atoms with Gasteiger partial charge in [0, 0.05) is 25.7 Å². The molecule has 0 amide bonds. The van der Waals surface area contributed by atoms with Crippen LogP contribution < -0.4 is 0 Å². The van der Waals surface area contributed by atoms with Crippen LogP contribution in [0.2, 0.25) is 0 Å². The molecule has 0 aromatic heterocycles. The van der Waals surface area contributed by atoms with E-state index in [4.69, 9.17) is 0 Å². The molecule has 2 saturated heterocycles. The van der Waals surface area contributed by atoms with Crippen LogP contribution in [0.1, 0.15) is 25.7 Å². The fourth-order valence-corrected chi connectivity index (χ4v) is 2.59. The van der Waals surface area contributed by atoms with Crippen LogP contribution in [0.5, 0.6) is 0 Å². The Hall–Kier alpha value is -0.120. The topological polar surface area (TPSA) is 40.5 Å². The van der Waals surface area contributed by atoms with E-state index in [1.807, 2.05) is 7.05 Å². The number of hydroxylamine groups is 3. The van der Waals surface area contributed by atoms with Crippen molar-refractivity contribution in [1.82, 2.24) is 0 Å². The third kappa shape index (κ3) is 0.991. The Morgan fingerprint density at radius 1 is 1.18 bits per heavy atom. The van der Waals surface area contributed by atoms with Gasteiger partial charge in [-0.05, 0) is 0 Å². The first-order chi connectivity index (χ1) is 5.10. The molecule has 64 valence electrons. The largest absolute Gasteiger partial charge is 0.393 e. The molecule has 3 nitrogen and oxygen atoms in total. The van der Waals surface area contributed by atoms with E-state index in [0.29, 0.717) is 12.1 Å². The second kappa shape index (κ2) is 2.19. The van der Waals surface area contributed by atoms with Gasteiger partial charge in [-0.3, -0.25) is 0 Å². The number of quaternary nitrogens is 1. The van der Waals surface area contributed by atoms with Crippen molar-refractivity contribution in [2.75, 3.05) is 7.05 Å². The molecule has 3 heteroatoms. The zero-order valence-electron chi connectivity index (χ0n) is 6.90. The normalized spacial score (nSPS) is 56.5. The van der Waals surface area contributed by atoms with Crippen molar-refractivity contribution in [1.29, 1.82) is 0 Å². The summed E-state index contributed by atoms with van der Waals surface area (Å²) in [5.41, 5.74) is 0. The Morgan fingerprint density at radius 3 is 2.09 bits per heavy atom. The smallest absolute Gasteiger partial charge is 0.122 e. The number of hydrogen-bond donors (Lipinski definition) is 2. The van der Waals surface area contributed by atoms with Gasteiger partial charge in [0.1, 0.15) is 12.1 Å². The van der Waals surface area contributed by atoms with Crippen LogP contribution in [-0.2, 0) is 0 Å². The van der Waals surface area contributed by atoms with Crippen molar-refractivity contribution in [3.63, 3.8) is 0 Å². The Morgan fingerprint density at radius 2 is 1.64 bits per heavy atom. The van der Waals surface area contributed by atoms with E-state index < -0.39 is 0 Å². The first-order valence-corrected chi connectivity index (χ1v) is 4.37. The second-order valence-electron chi connectivity index (χ2n) is 4.11. The van der Waals surface area contributed by atoms with Gasteiger partial charge in [-0.15, -0.1) is 0 Å². The number of fused-ring (bicyclic) bond motifs is 2. The highest BCUT2D eigenvalue weighted by atomic mass is 16.5. The molecule has 2 heterocycles. The van der Waals surface area contributed by atoms with E-state index in [1.165, 1.54) is 0 Å². The van der Waals surface area contributed by atoms with Crippen molar-refractivity contribution in [3.05, 3.63) is 0 Å². The van der Waals surface area contributed by atoms with Crippen LogP contribution in [0, 0.1) is 0 Å². The summed E-state index contributed by atoms with van der Waals surface area (Å²) in [6.07, 6.45) is 3.56. The third-order valence-corrected chi connectivity index (χ3v) is 3.40. The molecular weight excluding hydrogens is 142 g/mol. The predicted molar refractivity (Wildman–Crippen MR) is 40.0 cm³/mol. The van der Waals surface area contributed by atoms with Gasteiger partial charge < -0.3 is 5.11 Å². The lowest BCUT2D eigenvalue weighted by molar-refractivity contribution is -1.12. The summed E-state index contributed by atoms with van der Waals surface area (Å²) in [6.45, 7) is 0. The number of nitrogens with zero attached hydrogens (tertiary/aromatic N) is 1. The number of rotatable bonds is 0. The second-order valence-corrected chi connectivity index (χ2v) is 4.11. The number of piperidine rings is 1. The van der Waals surface area contributed by atoms with E-state index >= 15 is 0 Å². The molecule has 2 N–H and O–H groups in total. The van der Waals surface area contributed by atoms with E-state index in [2.05, 4.69) is 0 Å². The van der Waals surface area contributed by atoms with Crippen molar-refractivity contribution >= 4 is 0 Å². The molecule has 2 atom stereocenters. The Labute approximate surface area is 66.8 Å². The van der Waals surface area contributed by atoms with Gasteiger partial charge in [0.2, 0.25) is 0 Å². The molecule has 0 aliphatic carbocycles. The molecule has 11 heavy (non-hydrogen) atoms. The average molecular weight is 158 g/mol. The lowest BCUT2D eigenvalue weighted by atomic mass is 10.0. The van der Waals surface area contributed by atoms with Crippen LogP contribution >= 0.6 is 0 Å². The van der Waals surface area contributed by atoms with Crippen LogP contribution in [0.4, 0.5) is 0 Å². The summed E-state index contributed by atoms with van der Waals surface area (Å²) in [5.74, 6) is 0. The molecular formula is C8H16NO2+. The molecule has 0 saturated carbocycles. The standard InChI is InChI=1S/C8H16NO2/c1-9(11)6-2-3-7(9)5-8(10)4-6/h6-8,10-11H,2-5H2,1H3/q+1. The Balaban J connectivity index is 2.19. The van der Waals surface area contributed by atoms with E-state index in [1.54, 1.807) is 0 Å². The van der Waals surface area contributed by atoms with Gasteiger partial charge in [-0.2, -0.15) is 4.65 Å². The molecule has 0 radical (unpaired) electrons. The summed E-state index contributed by atoms with van der Waals surface area (Å²) in [6, 6.07) is 0.590. The lowest BCUT2D eigenvalue weighted by Gasteiger charge is -2.38. The first-order valence-electron chi connectivity index (χ1n) is 4.37. The zero-order valence-corrected chi connectivity index (χ0v) is 6.90. The fraction of sp³-hybridized carbons (Fsp3) is 1.00. The summed E-state index contributed by atoms with van der Waals surface area (Å²) in [4.78, 5) is 0. The first kappa shape index (κ1) is 7.53. The number of hydrogen-bond acceptors (Lipinski definition) is 2. The minimum absolute atomic E-state index is 0.161. The summed E-state index contributed by atoms with van der Waals surface area (Å²) in [7, 11) is 1.87. The molecule has 0 aromatic rings. The van der Waals surface area contributed by atoms with Crippen LogP contribution in [0.15, 0.2) is 0 Å². The van der Waals surface area contributed by atoms with Crippen molar-refractivity contribution in [2.45, 2.75) is 43.9 Å². The molecule has 2 aliphatic rings. The van der Waals surface area contributed by atoms with E-state index in [0.717, 1.165) is 25.7 Å². The van der Waals surface area contributed by atoms with Gasteiger partial charge in [0.05, 0.1) is 13.2 Å². The van der Waals surface area contributed by atoms with Crippen LogP contribution in [0.3, 0.4) is 0 Å². The van der Waals surface area contributed by atoms with Gasteiger partial charge in [0.15, 0.2) is 0 Å². The highest BCUT2D eigenvalue weighted by Gasteiger charge is 2.51. The van der Waals surface area contributed by atoms with Gasteiger partial charge >= 0.3 is 0 Å². The molecule has 0 spiro atoms. The molecule has 2 bridgehead atoms. The maximum atomic E-state index is 9.92. The van der Waals surface area contributed by atoms with Crippen molar-refractivity contribution in [2.24, 2.45) is 0 Å². The lowest BCUT2D eigenvalue weighted by Crippen LogP contribution is -2.56. The number of aliphatic hydroxyl groups is 1. The third-order valence-electron chi connectivity index (χ3n) is 3.40. The van der Waals surface area contributed by atoms with E-state index in [9.17, 15) is 10.3 Å². The fourth-order valence-electron chi connectivity index (χ4n) is 2.59.